The van der Waals surface area contributed by atoms with Crippen molar-refractivity contribution in [2.75, 3.05) is 6.54 Å². The van der Waals surface area contributed by atoms with Crippen LogP contribution in [-0.2, 0) is 17.8 Å². The second-order valence-electron chi connectivity index (χ2n) is 6.07. The Bertz CT molecular complexity index is 872. The molecular formula is C18H19N5OS. The molecule has 1 amide bonds. The molecule has 0 unspecified atom stereocenters. The van der Waals surface area contributed by atoms with Crippen molar-refractivity contribution in [3.05, 3.63) is 52.2 Å². The number of amides is 1. The predicted molar refractivity (Wildman–Crippen MR) is 96.0 cm³/mol. The summed E-state index contributed by atoms with van der Waals surface area (Å²) >= 11 is 1.79. The van der Waals surface area contributed by atoms with Crippen LogP contribution in [0.25, 0.3) is 11.4 Å². The summed E-state index contributed by atoms with van der Waals surface area (Å²) in [5.74, 6) is 0.583. The van der Waals surface area contributed by atoms with Crippen molar-refractivity contribution in [3.8, 4) is 11.4 Å². The molecule has 1 aromatic carbocycles. The van der Waals surface area contributed by atoms with E-state index in [9.17, 15) is 4.79 Å². The third-order valence-corrected chi connectivity index (χ3v) is 5.56. The van der Waals surface area contributed by atoms with E-state index in [4.69, 9.17) is 0 Å². The Kier molecular flexibility index (Phi) is 4.31. The molecule has 0 aliphatic carbocycles. The maximum atomic E-state index is 12.8. The van der Waals surface area contributed by atoms with E-state index < -0.39 is 0 Å². The number of hydrogen-bond donors (Lipinski definition) is 0. The van der Waals surface area contributed by atoms with Gasteiger partial charge in [-0.2, -0.15) is 4.80 Å². The molecular weight excluding hydrogens is 334 g/mol. The Morgan fingerprint density at radius 2 is 2.12 bits per heavy atom. The molecule has 128 valence electrons. The first-order valence-corrected chi connectivity index (χ1v) is 9.33. The summed E-state index contributed by atoms with van der Waals surface area (Å²) in [6.07, 6.45) is 1.84. The topological polar surface area (TPSA) is 63.9 Å². The van der Waals surface area contributed by atoms with Gasteiger partial charge in [0.2, 0.25) is 11.7 Å². The van der Waals surface area contributed by atoms with Gasteiger partial charge in [0, 0.05) is 17.0 Å². The van der Waals surface area contributed by atoms with Gasteiger partial charge in [0.1, 0.15) is 6.54 Å². The molecule has 3 heterocycles. The fourth-order valence-electron chi connectivity index (χ4n) is 3.36. The van der Waals surface area contributed by atoms with E-state index in [0.717, 1.165) is 24.9 Å². The molecule has 1 aliphatic rings. The standard InChI is InChI=1S/C18H19N5OS/c1-2-15-14-9-11-25-16(14)8-10-22(15)17(24)12-23-20-18(19-21-23)13-6-4-3-5-7-13/h3-7,9,11,15H,2,8,10,12H2,1H3/t15-/m1/s1. The number of benzene rings is 1. The molecule has 0 bridgehead atoms. The van der Waals surface area contributed by atoms with Gasteiger partial charge in [-0.25, -0.2) is 0 Å². The number of tetrazole rings is 1. The van der Waals surface area contributed by atoms with Gasteiger partial charge in [0.25, 0.3) is 0 Å². The number of nitrogens with zero attached hydrogens (tertiary/aromatic N) is 5. The van der Waals surface area contributed by atoms with Crippen molar-refractivity contribution in [2.24, 2.45) is 0 Å². The lowest BCUT2D eigenvalue weighted by Gasteiger charge is -2.35. The van der Waals surface area contributed by atoms with E-state index in [1.165, 1.54) is 15.2 Å². The Hall–Kier alpha value is -2.54. The van der Waals surface area contributed by atoms with Gasteiger partial charge in [-0.15, -0.1) is 21.5 Å². The Labute approximate surface area is 150 Å². The molecule has 6 nitrogen and oxygen atoms in total. The third-order valence-electron chi connectivity index (χ3n) is 4.56. The number of carbonyl (C=O) groups excluding carboxylic acids is 1. The summed E-state index contributed by atoms with van der Waals surface area (Å²) in [7, 11) is 0. The molecule has 0 fully saturated rings. The van der Waals surface area contributed by atoms with Crippen LogP contribution < -0.4 is 0 Å². The van der Waals surface area contributed by atoms with Crippen LogP contribution in [0.5, 0.6) is 0 Å². The van der Waals surface area contributed by atoms with Crippen LogP contribution >= 0.6 is 11.3 Å². The van der Waals surface area contributed by atoms with E-state index in [1.807, 2.05) is 35.2 Å². The van der Waals surface area contributed by atoms with Crippen LogP contribution in [0, 0.1) is 0 Å². The first-order valence-electron chi connectivity index (χ1n) is 8.45. The highest BCUT2D eigenvalue weighted by Gasteiger charge is 2.30. The number of hydrogen-bond acceptors (Lipinski definition) is 5. The maximum absolute atomic E-state index is 12.8. The van der Waals surface area contributed by atoms with Gasteiger partial charge in [-0.05, 0) is 35.1 Å². The molecule has 4 rings (SSSR count). The minimum Gasteiger partial charge on any atom is -0.334 e. The number of aromatic nitrogens is 4. The van der Waals surface area contributed by atoms with Crippen molar-refractivity contribution in [1.82, 2.24) is 25.1 Å². The first kappa shape index (κ1) is 16.0. The molecule has 2 aromatic heterocycles. The minimum atomic E-state index is 0.0423. The molecule has 0 N–H and O–H groups in total. The first-order chi connectivity index (χ1) is 12.3. The van der Waals surface area contributed by atoms with Crippen molar-refractivity contribution in [2.45, 2.75) is 32.4 Å². The number of rotatable bonds is 4. The zero-order chi connectivity index (χ0) is 17.2. The van der Waals surface area contributed by atoms with Crippen LogP contribution in [-0.4, -0.2) is 37.6 Å². The summed E-state index contributed by atoms with van der Waals surface area (Å²) in [5, 5.41) is 14.6. The molecule has 0 saturated heterocycles. The SMILES string of the molecule is CC[C@@H]1c2ccsc2CCN1C(=O)Cn1nnc(-c2ccccc2)n1. The number of thiophene rings is 1. The summed E-state index contributed by atoms with van der Waals surface area (Å²) in [4.78, 5) is 17.6. The van der Waals surface area contributed by atoms with Crippen LogP contribution in [0.4, 0.5) is 0 Å². The van der Waals surface area contributed by atoms with Gasteiger partial charge >= 0.3 is 0 Å². The van der Waals surface area contributed by atoms with Crippen LogP contribution in [0.15, 0.2) is 41.8 Å². The van der Waals surface area contributed by atoms with Gasteiger partial charge in [-0.3, -0.25) is 4.79 Å². The lowest BCUT2D eigenvalue weighted by atomic mass is 9.98. The summed E-state index contributed by atoms with van der Waals surface area (Å²) < 4.78 is 0. The Balaban J connectivity index is 1.50. The monoisotopic (exact) mass is 353 g/mol. The summed E-state index contributed by atoms with van der Waals surface area (Å²) in [6.45, 7) is 3.00. The molecule has 0 radical (unpaired) electrons. The minimum absolute atomic E-state index is 0.0423. The van der Waals surface area contributed by atoms with E-state index in [2.05, 4.69) is 33.8 Å². The summed E-state index contributed by atoms with van der Waals surface area (Å²) in [5.41, 5.74) is 2.19. The fourth-order valence-corrected chi connectivity index (χ4v) is 4.29. The normalized spacial score (nSPS) is 16.7. The lowest BCUT2D eigenvalue weighted by Crippen LogP contribution is -2.41. The van der Waals surface area contributed by atoms with Gasteiger partial charge in [-0.1, -0.05) is 37.3 Å². The number of fused-ring (bicyclic) bond motifs is 1. The van der Waals surface area contributed by atoms with Gasteiger partial charge < -0.3 is 4.90 Å². The molecule has 3 aromatic rings. The average molecular weight is 353 g/mol. The molecule has 0 saturated carbocycles. The Morgan fingerprint density at radius 3 is 2.92 bits per heavy atom. The largest absolute Gasteiger partial charge is 0.334 e. The van der Waals surface area contributed by atoms with Crippen molar-refractivity contribution in [1.29, 1.82) is 0 Å². The Morgan fingerprint density at radius 1 is 1.28 bits per heavy atom. The summed E-state index contributed by atoms with van der Waals surface area (Å²) in [6, 6.07) is 12.0. The number of carbonyl (C=O) groups is 1. The van der Waals surface area contributed by atoms with Crippen LogP contribution in [0.3, 0.4) is 0 Å². The second-order valence-corrected chi connectivity index (χ2v) is 7.07. The lowest BCUT2D eigenvalue weighted by molar-refractivity contribution is -0.135. The highest BCUT2D eigenvalue weighted by molar-refractivity contribution is 7.10. The van der Waals surface area contributed by atoms with Gasteiger partial charge in [0.05, 0.1) is 6.04 Å². The molecule has 1 atom stereocenters. The van der Waals surface area contributed by atoms with E-state index in [0.29, 0.717) is 5.82 Å². The van der Waals surface area contributed by atoms with E-state index in [-0.39, 0.29) is 18.5 Å². The highest BCUT2D eigenvalue weighted by Crippen LogP contribution is 2.35. The molecule has 0 spiro atoms. The third kappa shape index (κ3) is 3.07. The van der Waals surface area contributed by atoms with Crippen molar-refractivity contribution >= 4 is 17.2 Å². The predicted octanol–water partition coefficient (Wildman–Crippen LogP) is 2.94. The zero-order valence-corrected chi connectivity index (χ0v) is 14.8. The van der Waals surface area contributed by atoms with Crippen molar-refractivity contribution < 1.29 is 4.79 Å². The average Bonchev–Trinajstić information content (AvgIpc) is 3.30. The molecule has 1 aliphatic heterocycles. The highest BCUT2D eigenvalue weighted by atomic mass is 32.1. The second kappa shape index (κ2) is 6.76. The van der Waals surface area contributed by atoms with Crippen LogP contribution in [0.2, 0.25) is 0 Å². The molecule has 25 heavy (non-hydrogen) atoms. The van der Waals surface area contributed by atoms with Gasteiger partial charge in [0.15, 0.2) is 0 Å². The zero-order valence-electron chi connectivity index (χ0n) is 14.0. The maximum Gasteiger partial charge on any atom is 0.246 e. The fraction of sp³-hybridized carbons (Fsp3) is 0.333. The smallest absolute Gasteiger partial charge is 0.246 e. The quantitative estimate of drug-likeness (QED) is 0.723. The van der Waals surface area contributed by atoms with Crippen LogP contribution in [0.1, 0.15) is 29.8 Å². The van der Waals surface area contributed by atoms with E-state index >= 15 is 0 Å². The molecule has 7 heteroatoms. The van der Waals surface area contributed by atoms with Crippen molar-refractivity contribution in [3.63, 3.8) is 0 Å². The van der Waals surface area contributed by atoms with E-state index in [1.54, 1.807) is 11.3 Å².